The molecule has 1 aliphatic rings. The van der Waals surface area contributed by atoms with Gasteiger partial charge in [-0.15, -0.1) is 11.3 Å². The molecule has 1 atom stereocenters. The molecule has 7 heteroatoms. The Morgan fingerprint density at radius 3 is 2.88 bits per heavy atom. The number of aliphatic hydroxyl groups is 1. The van der Waals surface area contributed by atoms with Crippen LogP contribution < -0.4 is 0 Å². The number of aromatic nitrogens is 4. The Balaban J connectivity index is 1.38. The van der Waals surface area contributed by atoms with Gasteiger partial charge in [0, 0.05) is 43.2 Å². The number of nitrogens with zero attached hydrogens (tertiary/aromatic N) is 5. The lowest BCUT2D eigenvalue weighted by atomic mass is 9.95. The van der Waals surface area contributed by atoms with Crippen LogP contribution in [0.1, 0.15) is 30.0 Å². The summed E-state index contributed by atoms with van der Waals surface area (Å²) < 4.78 is 1.82. The van der Waals surface area contributed by atoms with E-state index >= 15 is 0 Å². The molecular formula is C19H23N5OS. The Kier molecular flexibility index (Phi) is 5.38. The van der Waals surface area contributed by atoms with Gasteiger partial charge in [-0.25, -0.2) is 9.97 Å². The number of aliphatic hydroxyl groups excluding tert-OH is 1. The highest BCUT2D eigenvalue weighted by molar-refractivity contribution is 7.13. The summed E-state index contributed by atoms with van der Waals surface area (Å²) in [5, 5.41) is 15.7. The van der Waals surface area contributed by atoms with Crippen molar-refractivity contribution in [3.05, 3.63) is 53.4 Å². The van der Waals surface area contributed by atoms with E-state index in [9.17, 15) is 0 Å². The Labute approximate surface area is 157 Å². The molecule has 1 unspecified atom stereocenters. The van der Waals surface area contributed by atoms with Crippen LogP contribution in [0.25, 0.3) is 10.7 Å². The van der Waals surface area contributed by atoms with Crippen molar-refractivity contribution < 1.29 is 5.11 Å². The first-order valence-corrected chi connectivity index (χ1v) is 9.91. The quantitative estimate of drug-likeness (QED) is 0.724. The van der Waals surface area contributed by atoms with E-state index in [4.69, 9.17) is 5.11 Å². The molecule has 1 N–H and O–H groups in total. The van der Waals surface area contributed by atoms with Crippen LogP contribution in [0, 0.1) is 0 Å². The second-order valence-corrected chi connectivity index (χ2v) is 7.64. The Morgan fingerprint density at radius 1 is 1.23 bits per heavy atom. The maximum Gasteiger partial charge on any atom is 0.169 e. The van der Waals surface area contributed by atoms with E-state index in [1.165, 1.54) is 12.8 Å². The molecule has 4 heterocycles. The predicted octanol–water partition coefficient (Wildman–Crippen LogP) is 2.77. The van der Waals surface area contributed by atoms with Crippen LogP contribution in [-0.2, 0) is 13.1 Å². The molecule has 0 bridgehead atoms. The number of hydrogen-bond donors (Lipinski definition) is 1. The molecule has 0 amide bonds. The minimum Gasteiger partial charge on any atom is -0.394 e. The molecule has 1 fully saturated rings. The SMILES string of the molecule is OCCn1ccc(C2CCCN(Cc3cnc(-c4cccs4)nc3)C2)n1. The van der Waals surface area contributed by atoms with E-state index in [0.29, 0.717) is 12.5 Å². The van der Waals surface area contributed by atoms with Gasteiger partial charge in [-0.2, -0.15) is 5.10 Å². The monoisotopic (exact) mass is 369 g/mol. The highest BCUT2D eigenvalue weighted by Gasteiger charge is 2.23. The molecule has 0 aliphatic carbocycles. The van der Waals surface area contributed by atoms with Gasteiger partial charge in [0.15, 0.2) is 5.82 Å². The Bertz CT molecular complexity index is 815. The van der Waals surface area contributed by atoms with Gasteiger partial charge in [0.1, 0.15) is 0 Å². The number of likely N-dealkylation sites (tertiary alicyclic amines) is 1. The van der Waals surface area contributed by atoms with Crippen LogP contribution in [0.4, 0.5) is 0 Å². The van der Waals surface area contributed by atoms with Crippen molar-refractivity contribution in [2.75, 3.05) is 19.7 Å². The third-order valence-corrected chi connectivity index (χ3v) is 5.63. The first-order valence-electron chi connectivity index (χ1n) is 9.03. The van der Waals surface area contributed by atoms with Crippen LogP contribution in [0.15, 0.2) is 42.2 Å². The summed E-state index contributed by atoms with van der Waals surface area (Å²) in [5.41, 5.74) is 2.28. The third-order valence-electron chi connectivity index (χ3n) is 4.77. The molecule has 1 saturated heterocycles. The first-order chi connectivity index (χ1) is 12.8. The van der Waals surface area contributed by atoms with E-state index in [0.717, 1.165) is 41.6 Å². The zero-order valence-electron chi connectivity index (χ0n) is 14.7. The number of rotatable bonds is 6. The van der Waals surface area contributed by atoms with Gasteiger partial charge in [0.2, 0.25) is 0 Å². The summed E-state index contributed by atoms with van der Waals surface area (Å²) in [7, 11) is 0. The van der Waals surface area contributed by atoms with Gasteiger partial charge in [-0.1, -0.05) is 6.07 Å². The lowest BCUT2D eigenvalue weighted by Gasteiger charge is -2.31. The predicted molar refractivity (Wildman–Crippen MR) is 102 cm³/mol. The van der Waals surface area contributed by atoms with Crippen molar-refractivity contribution >= 4 is 11.3 Å². The van der Waals surface area contributed by atoms with Gasteiger partial charge < -0.3 is 5.11 Å². The molecule has 3 aromatic rings. The van der Waals surface area contributed by atoms with E-state index < -0.39 is 0 Å². The van der Waals surface area contributed by atoms with Crippen molar-refractivity contribution in [3.8, 4) is 10.7 Å². The fourth-order valence-corrected chi connectivity index (χ4v) is 4.16. The second-order valence-electron chi connectivity index (χ2n) is 6.69. The van der Waals surface area contributed by atoms with Crippen molar-refractivity contribution in [2.24, 2.45) is 0 Å². The highest BCUT2D eigenvalue weighted by Crippen LogP contribution is 2.27. The van der Waals surface area contributed by atoms with Crippen LogP contribution in [-0.4, -0.2) is 49.5 Å². The van der Waals surface area contributed by atoms with Crippen molar-refractivity contribution in [3.63, 3.8) is 0 Å². The highest BCUT2D eigenvalue weighted by atomic mass is 32.1. The Morgan fingerprint density at radius 2 is 2.12 bits per heavy atom. The van der Waals surface area contributed by atoms with E-state index in [2.05, 4.69) is 26.0 Å². The molecule has 1 aliphatic heterocycles. The summed E-state index contributed by atoms with van der Waals surface area (Å²) in [6, 6.07) is 6.15. The van der Waals surface area contributed by atoms with E-state index in [1.807, 2.05) is 40.8 Å². The Hall–Kier alpha value is -2.09. The van der Waals surface area contributed by atoms with Crippen LogP contribution in [0.3, 0.4) is 0 Å². The molecule has 26 heavy (non-hydrogen) atoms. The first kappa shape index (κ1) is 17.3. The van der Waals surface area contributed by atoms with Gasteiger partial charge >= 0.3 is 0 Å². The molecule has 0 radical (unpaired) electrons. The van der Waals surface area contributed by atoms with Crippen molar-refractivity contribution in [2.45, 2.75) is 31.8 Å². The minimum absolute atomic E-state index is 0.124. The summed E-state index contributed by atoms with van der Waals surface area (Å²) in [5.74, 6) is 1.25. The van der Waals surface area contributed by atoms with Gasteiger partial charge in [-0.05, 0) is 36.9 Å². The molecular weight excluding hydrogens is 346 g/mol. The number of piperidine rings is 1. The van der Waals surface area contributed by atoms with Crippen molar-refractivity contribution in [1.82, 2.24) is 24.6 Å². The fourth-order valence-electron chi connectivity index (χ4n) is 3.49. The normalized spacial score (nSPS) is 18.3. The van der Waals surface area contributed by atoms with E-state index in [-0.39, 0.29) is 6.61 Å². The van der Waals surface area contributed by atoms with Crippen LogP contribution in [0.2, 0.25) is 0 Å². The maximum atomic E-state index is 9.05. The van der Waals surface area contributed by atoms with Crippen LogP contribution >= 0.6 is 11.3 Å². The number of hydrogen-bond acceptors (Lipinski definition) is 6. The van der Waals surface area contributed by atoms with E-state index in [1.54, 1.807) is 11.3 Å². The lowest BCUT2D eigenvalue weighted by Crippen LogP contribution is -2.34. The summed E-state index contributed by atoms with van der Waals surface area (Å²) in [4.78, 5) is 12.6. The standard InChI is InChI=1S/C19H23N5OS/c25-9-8-24-7-5-17(22-24)16-3-1-6-23(14-16)13-15-11-20-19(21-12-15)18-4-2-10-26-18/h2,4-5,7,10-12,16,25H,1,3,6,8-9,13-14H2. The zero-order valence-corrected chi connectivity index (χ0v) is 15.5. The van der Waals surface area contributed by atoms with Crippen LogP contribution in [0.5, 0.6) is 0 Å². The molecule has 0 aromatic carbocycles. The fraction of sp³-hybridized carbons (Fsp3) is 0.421. The molecule has 6 nitrogen and oxygen atoms in total. The largest absolute Gasteiger partial charge is 0.394 e. The maximum absolute atomic E-state index is 9.05. The van der Waals surface area contributed by atoms with Crippen molar-refractivity contribution in [1.29, 1.82) is 0 Å². The molecule has 3 aromatic heterocycles. The molecule has 136 valence electrons. The molecule has 0 spiro atoms. The average molecular weight is 369 g/mol. The van der Waals surface area contributed by atoms with Gasteiger partial charge in [0.25, 0.3) is 0 Å². The van der Waals surface area contributed by atoms with Gasteiger partial charge in [0.05, 0.1) is 23.7 Å². The topological polar surface area (TPSA) is 67.1 Å². The smallest absolute Gasteiger partial charge is 0.169 e. The second kappa shape index (κ2) is 8.07. The zero-order chi connectivity index (χ0) is 17.8. The summed E-state index contributed by atoms with van der Waals surface area (Å²) in [6.45, 7) is 3.66. The number of thiophene rings is 1. The lowest BCUT2D eigenvalue weighted by molar-refractivity contribution is 0.197. The summed E-state index contributed by atoms with van der Waals surface area (Å²) in [6.07, 6.45) is 8.19. The third kappa shape index (κ3) is 4.00. The summed E-state index contributed by atoms with van der Waals surface area (Å²) >= 11 is 1.66. The molecule has 0 saturated carbocycles. The van der Waals surface area contributed by atoms with Gasteiger partial charge in [-0.3, -0.25) is 9.58 Å². The molecule has 4 rings (SSSR count). The average Bonchev–Trinajstić information content (AvgIpc) is 3.35. The minimum atomic E-state index is 0.124.